The Kier molecular flexibility index (Phi) is 5.25. The first kappa shape index (κ1) is 18.5. The zero-order chi connectivity index (χ0) is 18.9. The summed E-state index contributed by atoms with van der Waals surface area (Å²) in [5.41, 5.74) is 2.21. The monoisotopic (exact) mass is 368 g/mol. The predicted octanol–water partition coefficient (Wildman–Crippen LogP) is 3.89. The van der Waals surface area contributed by atoms with Crippen LogP contribution in [-0.4, -0.2) is 47.8 Å². The van der Waals surface area contributed by atoms with Gasteiger partial charge >= 0.3 is 0 Å². The van der Waals surface area contributed by atoms with E-state index in [-0.39, 0.29) is 11.3 Å². The van der Waals surface area contributed by atoms with Gasteiger partial charge in [0.1, 0.15) is 0 Å². The van der Waals surface area contributed by atoms with Crippen molar-refractivity contribution in [2.45, 2.75) is 58.3 Å². The van der Waals surface area contributed by atoms with Gasteiger partial charge in [-0.05, 0) is 62.1 Å². The van der Waals surface area contributed by atoms with Gasteiger partial charge in [0, 0.05) is 43.6 Å². The van der Waals surface area contributed by atoms with Crippen LogP contribution in [-0.2, 0) is 11.2 Å². The molecule has 1 atom stereocenters. The van der Waals surface area contributed by atoms with Crippen molar-refractivity contribution in [2.24, 2.45) is 11.3 Å². The summed E-state index contributed by atoms with van der Waals surface area (Å²) < 4.78 is 0. The van der Waals surface area contributed by atoms with Gasteiger partial charge in [-0.2, -0.15) is 0 Å². The van der Waals surface area contributed by atoms with E-state index in [1.165, 1.54) is 18.4 Å². The van der Waals surface area contributed by atoms with Gasteiger partial charge in [-0.3, -0.25) is 9.59 Å². The lowest BCUT2D eigenvalue weighted by Crippen LogP contribution is -2.55. The van der Waals surface area contributed by atoms with Crippen molar-refractivity contribution in [2.75, 3.05) is 26.2 Å². The van der Waals surface area contributed by atoms with Crippen LogP contribution in [0.1, 0.15) is 67.8 Å². The lowest BCUT2D eigenvalue weighted by Gasteiger charge is -2.48. The van der Waals surface area contributed by atoms with Crippen LogP contribution < -0.4 is 0 Å². The normalized spacial score (nSPS) is 25.9. The molecule has 0 radical (unpaired) electrons. The summed E-state index contributed by atoms with van der Waals surface area (Å²) >= 11 is 0. The Balaban J connectivity index is 1.43. The van der Waals surface area contributed by atoms with Crippen molar-refractivity contribution >= 4 is 11.8 Å². The molecule has 4 rings (SSSR count). The molecular weight excluding hydrogens is 336 g/mol. The van der Waals surface area contributed by atoms with Crippen LogP contribution in [0, 0.1) is 11.3 Å². The molecular formula is C23H32N2O2. The highest BCUT2D eigenvalue weighted by molar-refractivity contribution is 5.94. The number of benzene rings is 1. The minimum Gasteiger partial charge on any atom is -0.342 e. The molecule has 4 nitrogen and oxygen atoms in total. The number of likely N-dealkylation sites (tertiary alicyclic amines) is 2. The second-order valence-corrected chi connectivity index (χ2v) is 8.99. The van der Waals surface area contributed by atoms with E-state index in [4.69, 9.17) is 0 Å². The zero-order valence-electron chi connectivity index (χ0n) is 16.6. The molecule has 2 aliphatic heterocycles. The van der Waals surface area contributed by atoms with Gasteiger partial charge in [-0.1, -0.05) is 25.5 Å². The van der Waals surface area contributed by atoms with E-state index >= 15 is 0 Å². The van der Waals surface area contributed by atoms with Crippen LogP contribution in [0.2, 0.25) is 0 Å². The third kappa shape index (κ3) is 4.20. The number of carbonyl (C=O) groups excluding carboxylic acids is 2. The van der Waals surface area contributed by atoms with Gasteiger partial charge < -0.3 is 9.80 Å². The minimum absolute atomic E-state index is 0.110. The number of hydrogen-bond donors (Lipinski definition) is 0. The Labute approximate surface area is 162 Å². The predicted molar refractivity (Wildman–Crippen MR) is 107 cm³/mol. The van der Waals surface area contributed by atoms with E-state index in [0.29, 0.717) is 12.3 Å². The number of nitrogens with zero attached hydrogens (tertiary/aromatic N) is 2. The molecule has 1 spiro atoms. The van der Waals surface area contributed by atoms with E-state index in [1.54, 1.807) is 0 Å². The van der Waals surface area contributed by atoms with Crippen LogP contribution in [0.15, 0.2) is 24.3 Å². The summed E-state index contributed by atoms with van der Waals surface area (Å²) in [7, 11) is 0. The molecule has 1 aliphatic carbocycles. The quantitative estimate of drug-likeness (QED) is 0.791. The van der Waals surface area contributed by atoms with Gasteiger partial charge in [-0.15, -0.1) is 0 Å². The summed E-state index contributed by atoms with van der Waals surface area (Å²) in [6, 6.07) is 8.15. The van der Waals surface area contributed by atoms with Gasteiger partial charge in [0.05, 0.1) is 0 Å². The Morgan fingerprint density at radius 3 is 2.63 bits per heavy atom. The van der Waals surface area contributed by atoms with E-state index in [1.807, 2.05) is 17.0 Å². The molecule has 2 saturated heterocycles. The van der Waals surface area contributed by atoms with Crippen molar-refractivity contribution in [1.82, 2.24) is 9.80 Å². The Morgan fingerprint density at radius 2 is 1.93 bits per heavy atom. The van der Waals surface area contributed by atoms with Crippen LogP contribution in [0.4, 0.5) is 0 Å². The average Bonchev–Trinajstić information content (AvgIpc) is 3.50. The Hall–Kier alpha value is -1.84. The number of aryl methyl sites for hydroxylation is 1. The third-order valence-corrected chi connectivity index (χ3v) is 6.61. The van der Waals surface area contributed by atoms with E-state index < -0.39 is 0 Å². The maximum atomic E-state index is 13.1. The summed E-state index contributed by atoms with van der Waals surface area (Å²) in [6.07, 6.45) is 8.51. The van der Waals surface area contributed by atoms with E-state index in [2.05, 4.69) is 24.0 Å². The standard InChI is InChI=1S/C23H32N2O2/c1-2-4-18-7-9-20(10-8-18)22(27)24-14-3-12-23(16-24)13-11-21(26)25(17-23)15-19-5-6-19/h7-10,19H,2-6,11-17H2,1H3/t23-/m1/s1. The maximum Gasteiger partial charge on any atom is 0.253 e. The lowest BCUT2D eigenvalue weighted by molar-refractivity contribution is -0.139. The summed E-state index contributed by atoms with van der Waals surface area (Å²) in [5, 5.41) is 0. The van der Waals surface area contributed by atoms with Gasteiger partial charge in [0.2, 0.25) is 5.91 Å². The van der Waals surface area contributed by atoms with Crippen LogP contribution >= 0.6 is 0 Å². The molecule has 4 heteroatoms. The van der Waals surface area contributed by atoms with E-state index in [0.717, 1.165) is 69.8 Å². The van der Waals surface area contributed by atoms with Gasteiger partial charge in [0.25, 0.3) is 5.91 Å². The highest BCUT2D eigenvalue weighted by atomic mass is 16.2. The van der Waals surface area contributed by atoms with Crippen molar-refractivity contribution in [3.63, 3.8) is 0 Å². The maximum absolute atomic E-state index is 13.1. The summed E-state index contributed by atoms with van der Waals surface area (Å²) in [4.78, 5) is 29.6. The molecule has 146 valence electrons. The molecule has 27 heavy (non-hydrogen) atoms. The lowest BCUT2D eigenvalue weighted by atomic mass is 9.73. The number of piperidine rings is 2. The Bertz CT molecular complexity index is 695. The fourth-order valence-corrected chi connectivity index (χ4v) is 4.88. The highest BCUT2D eigenvalue weighted by Crippen LogP contribution is 2.41. The van der Waals surface area contributed by atoms with Gasteiger partial charge in [0.15, 0.2) is 0 Å². The Morgan fingerprint density at radius 1 is 1.15 bits per heavy atom. The minimum atomic E-state index is 0.110. The molecule has 2 amide bonds. The average molecular weight is 369 g/mol. The number of rotatable bonds is 5. The first-order chi connectivity index (χ1) is 13.1. The molecule has 1 saturated carbocycles. The number of amides is 2. The smallest absolute Gasteiger partial charge is 0.253 e. The summed E-state index contributed by atoms with van der Waals surface area (Å²) in [5.74, 6) is 1.21. The zero-order valence-corrected chi connectivity index (χ0v) is 16.6. The second kappa shape index (κ2) is 7.65. The molecule has 0 N–H and O–H groups in total. The fraction of sp³-hybridized carbons (Fsp3) is 0.652. The highest BCUT2D eigenvalue weighted by Gasteiger charge is 2.43. The second-order valence-electron chi connectivity index (χ2n) is 8.99. The van der Waals surface area contributed by atoms with Crippen molar-refractivity contribution in [3.05, 3.63) is 35.4 Å². The van der Waals surface area contributed by atoms with Crippen molar-refractivity contribution in [1.29, 1.82) is 0 Å². The largest absolute Gasteiger partial charge is 0.342 e. The molecule has 1 aromatic carbocycles. The van der Waals surface area contributed by atoms with Crippen LogP contribution in [0.5, 0.6) is 0 Å². The van der Waals surface area contributed by atoms with Crippen molar-refractivity contribution < 1.29 is 9.59 Å². The van der Waals surface area contributed by atoms with Crippen LogP contribution in [0.25, 0.3) is 0 Å². The summed E-state index contributed by atoms with van der Waals surface area (Å²) in [6.45, 7) is 5.60. The third-order valence-electron chi connectivity index (χ3n) is 6.61. The SMILES string of the molecule is CCCc1ccc(C(=O)N2CCC[C@@]3(CCC(=O)N(CC4CC4)C3)C2)cc1. The molecule has 0 bridgehead atoms. The number of hydrogen-bond acceptors (Lipinski definition) is 2. The van der Waals surface area contributed by atoms with Gasteiger partial charge in [-0.25, -0.2) is 0 Å². The molecule has 0 aromatic heterocycles. The van der Waals surface area contributed by atoms with Crippen LogP contribution in [0.3, 0.4) is 0 Å². The fourth-order valence-electron chi connectivity index (χ4n) is 4.88. The van der Waals surface area contributed by atoms with E-state index in [9.17, 15) is 9.59 Å². The molecule has 3 fully saturated rings. The first-order valence-corrected chi connectivity index (χ1v) is 10.7. The molecule has 2 heterocycles. The molecule has 0 unspecified atom stereocenters. The van der Waals surface area contributed by atoms with Crippen molar-refractivity contribution in [3.8, 4) is 0 Å². The topological polar surface area (TPSA) is 40.6 Å². The molecule has 1 aromatic rings. The molecule has 3 aliphatic rings. The first-order valence-electron chi connectivity index (χ1n) is 10.7. The number of carbonyl (C=O) groups is 2.